The van der Waals surface area contributed by atoms with Crippen LogP contribution in [0.25, 0.3) is 0 Å². The molecule has 1 heterocycles. The summed E-state index contributed by atoms with van der Waals surface area (Å²) in [5, 5.41) is 52.8. The minimum atomic E-state index is -2.14. The first-order valence-electron chi connectivity index (χ1n) is 9.14. The van der Waals surface area contributed by atoms with Crippen LogP contribution in [0.15, 0.2) is 35.6 Å². The van der Waals surface area contributed by atoms with Crippen LogP contribution in [0.4, 0.5) is 0 Å². The summed E-state index contributed by atoms with van der Waals surface area (Å²) in [6.07, 6.45) is 5.70. The fourth-order valence-corrected chi connectivity index (χ4v) is 5.12. The Balaban J connectivity index is 2.24. The molecule has 8 heteroatoms. The number of ketones is 2. The van der Waals surface area contributed by atoms with Crippen molar-refractivity contribution in [3.8, 4) is 0 Å². The number of aliphatic hydroxyl groups is 5. The van der Waals surface area contributed by atoms with E-state index in [2.05, 4.69) is 0 Å². The quantitative estimate of drug-likeness (QED) is 0.193. The summed E-state index contributed by atoms with van der Waals surface area (Å²) in [5.41, 5.74) is -6.19. The van der Waals surface area contributed by atoms with Gasteiger partial charge >= 0.3 is 0 Å². The van der Waals surface area contributed by atoms with Crippen molar-refractivity contribution in [2.45, 2.75) is 44.2 Å². The molecule has 0 aromatic rings. The van der Waals surface area contributed by atoms with Crippen molar-refractivity contribution in [3.05, 3.63) is 35.6 Å². The summed E-state index contributed by atoms with van der Waals surface area (Å²) >= 11 is 0. The number of Topliss-reactive ketones (excluding diaryl/α,β-unsaturated/α-hetero) is 2. The maximum atomic E-state index is 13.3. The van der Waals surface area contributed by atoms with Crippen LogP contribution in [0.3, 0.4) is 0 Å². The number of aliphatic hydroxyl groups excluding tert-OH is 2. The van der Waals surface area contributed by atoms with E-state index in [1.165, 1.54) is 26.0 Å². The second-order valence-corrected chi connectivity index (χ2v) is 8.27. The van der Waals surface area contributed by atoms with Crippen molar-refractivity contribution < 1.29 is 39.9 Å². The topological polar surface area (TPSA) is 145 Å². The summed E-state index contributed by atoms with van der Waals surface area (Å²) in [5.74, 6) is -6.53. The molecule has 6 atom stereocenters. The van der Waals surface area contributed by atoms with E-state index in [9.17, 15) is 35.1 Å². The molecule has 4 fully saturated rings. The van der Waals surface area contributed by atoms with E-state index in [1.807, 2.05) is 0 Å². The third-order valence-electron chi connectivity index (χ3n) is 6.47. The zero-order valence-electron chi connectivity index (χ0n) is 16.0. The molecule has 1 saturated heterocycles. The standard InChI is InChI=1S/C20H26O8/c1-4-5-6-7-11(22)13-14-18(3,25)16(24)17(2,15(13)23)12-8-19(26,9-21)28-10-20(12,14)27/h4-7,12,14,21-22,25-27H,8-10H2,1-3H3/b5-4+,7-6+,13-11-/t12-,14+,17-,18+,19+,20+/m1/s1. The number of rotatable bonds is 3. The van der Waals surface area contributed by atoms with Crippen LogP contribution in [0.2, 0.25) is 0 Å². The Hall–Kier alpha value is -1.84. The molecule has 4 aliphatic rings. The van der Waals surface area contributed by atoms with Gasteiger partial charge in [-0.15, -0.1) is 0 Å². The van der Waals surface area contributed by atoms with E-state index < -0.39 is 64.8 Å². The second kappa shape index (κ2) is 6.33. The Kier molecular flexibility index (Phi) is 4.72. The van der Waals surface area contributed by atoms with Crippen molar-refractivity contribution >= 4 is 11.6 Å². The van der Waals surface area contributed by atoms with Gasteiger partial charge in [-0.1, -0.05) is 18.2 Å². The van der Waals surface area contributed by atoms with Crippen molar-refractivity contribution in [2.24, 2.45) is 17.3 Å². The highest BCUT2D eigenvalue weighted by molar-refractivity contribution is 6.22. The fourth-order valence-electron chi connectivity index (χ4n) is 5.12. The van der Waals surface area contributed by atoms with Gasteiger partial charge in [-0.3, -0.25) is 9.59 Å². The van der Waals surface area contributed by atoms with Gasteiger partial charge in [0, 0.05) is 17.9 Å². The molecule has 3 saturated carbocycles. The van der Waals surface area contributed by atoms with E-state index in [1.54, 1.807) is 19.1 Å². The molecule has 8 nitrogen and oxygen atoms in total. The summed E-state index contributed by atoms with van der Waals surface area (Å²) in [6.45, 7) is 2.96. The molecule has 0 aromatic carbocycles. The molecule has 0 spiro atoms. The van der Waals surface area contributed by atoms with Gasteiger partial charge in [-0.2, -0.15) is 0 Å². The van der Waals surface area contributed by atoms with Gasteiger partial charge in [-0.25, -0.2) is 0 Å². The maximum absolute atomic E-state index is 13.3. The smallest absolute Gasteiger partial charge is 0.189 e. The van der Waals surface area contributed by atoms with E-state index in [0.717, 1.165) is 0 Å². The minimum absolute atomic E-state index is 0.246. The van der Waals surface area contributed by atoms with Crippen molar-refractivity contribution in [1.82, 2.24) is 0 Å². The Bertz CT molecular complexity index is 809. The molecule has 5 N–H and O–H groups in total. The third-order valence-corrected chi connectivity index (χ3v) is 6.47. The average molecular weight is 394 g/mol. The molecule has 0 aromatic heterocycles. The van der Waals surface area contributed by atoms with Crippen molar-refractivity contribution in [1.29, 1.82) is 0 Å². The molecule has 0 radical (unpaired) electrons. The molecule has 0 amide bonds. The highest BCUT2D eigenvalue weighted by atomic mass is 16.6. The van der Waals surface area contributed by atoms with Crippen LogP contribution in [0, 0.1) is 17.3 Å². The van der Waals surface area contributed by atoms with Gasteiger partial charge in [-0.05, 0) is 26.8 Å². The fraction of sp³-hybridized carbons (Fsp3) is 0.600. The van der Waals surface area contributed by atoms with Crippen molar-refractivity contribution in [2.75, 3.05) is 13.2 Å². The lowest BCUT2D eigenvalue weighted by Crippen LogP contribution is -2.80. The highest BCUT2D eigenvalue weighted by Gasteiger charge is 2.78. The first kappa shape index (κ1) is 20.9. The number of hydrogen-bond donors (Lipinski definition) is 5. The molecule has 28 heavy (non-hydrogen) atoms. The minimum Gasteiger partial charge on any atom is -0.508 e. The van der Waals surface area contributed by atoms with Gasteiger partial charge in [0.05, 0.1) is 24.5 Å². The predicted octanol–water partition coefficient (Wildman–Crippen LogP) is -0.0818. The Morgan fingerprint density at radius 2 is 1.86 bits per heavy atom. The number of carbonyl (C=O) groups is 2. The normalized spacial score (nSPS) is 47.8. The van der Waals surface area contributed by atoms with Crippen LogP contribution in [0.5, 0.6) is 0 Å². The van der Waals surface area contributed by atoms with Crippen LogP contribution in [0.1, 0.15) is 27.2 Å². The van der Waals surface area contributed by atoms with Crippen LogP contribution < -0.4 is 0 Å². The van der Waals surface area contributed by atoms with Crippen molar-refractivity contribution in [3.63, 3.8) is 0 Å². The first-order valence-corrected chi connectivity index (χ1v) is 9.14. The predicted molar refractivity (Wildman–Crippen MR) is 96.9 cm³/mol. The molecule has 2 bridgehead atoms. The second-order valence-electron chi connectivity index (χ2n) is 8.27. The monoisotopic (exact) mass is 394 g/mol. The SMILES string of the molecule is C/C=C/C=C/C(O)=C1/C(=O)[C@]2(C)C(=O)[C@@](C)(O)[C@H]1[C@]1(O)CO[C@](O)(CO)C[C@H]21. The van der Waals surface area contributed by atoms with Gasteiger partial charge < -0.3 is 30.3 Å². The molecule has 1 aliphatic heterocycles. The number of carbonyl (C=O) groups excluding carboxylic acids is 2. The zero-order chi connectivity index (χ0) is 21.1. The van der Waals surface area contributed by atoms with Crippen LogP contribution in [-0.4, -0.2) is 67.3 Å². The molecular weight excluding hydrogens is 368 g/mol. The Labute approximate surface area is 162 Å². The molecule has 4 rings (SSSR count). The van der Waals surface area contributed by atoms with Gasteiger partial charge in [0.1, 0.15) is 17.0 Å². The Morgan fingerprint density at radius 3 is 2.43 bits per heavy atom. The van der Waals surface area contributed by atoms with E-state index >= 15 is 0 Å². The van der Waals surface area contributed by atoms with Crippen LogP contribution >= 0.6 is 0 Å². The largest absolute Gasteiger partial charge is 0.508 e. The van der Waals surface area contributed by atoms with Gasteiger partial charge in [0.25, 0.3) is 0 Å². The molecule has 0 unspecified atom stereocenters. The highest BCUT2D eigenvalue weighted by Crippen LogP contribution is 2.63. The third kappa shape index (κ3) is 2.49. The number of ether oxygens (including phenoxy) is 1. The molecule has 3 aliphatic carbocycles. The number of allylic oxidation sites excluding steroid dienone is 4. The lowest BCUT2D eigenvalue weighted by Gasteiger charge is -2.65. The number of fused-ring (bicyclic) bond motifs is 2. The van der Waals surface area contributed by atoms with Gasteiger partial charge in [0.15, 0.2) is 17.4 Å². The summed E-state index contributed by atoms with van der Waals surface area (Å²) in [7, 11) is 0. The molecule has 154 valence electrons. The van der Waals surface area contributed by atoms with E-state index in [0.29, 0.717) is 0 Å². The summed E-state index contributed by atoms with van der Waals surface area (Å²) in [4.78, 5) is 26.3. The van der Waals surface area contributed by atoms with Gasteiger partial charge in [0.2, 0.25) is 0 Å². The lowest BCUT2D eigenvalue weighted by molar-refractivity contribution is -0.331. The molecular formula is C20H26O8. The Morgan fingerprint density at radius 1 is 1.21 bits per heavy atom. The van der Waals surface area contributed by atoms with E-state index in [4.69, 9.17) is 4.74 Å². The van der Waals surface area contributed by atoms with E-state index in [-0.39, 0.29) is 12.0 Å². The average Bonchev–Trinajstić information content (AvgIpc) is 2.64. The zero-order valence-corrected chi connectivity index (χ0v) is 16.0. The van der Waals surface area contributed by atoms with Crippen LogP contribution in [-0.2, 0) is 14.3 Å². The number of hydrogen-bond acceptors (Lipinski definition) is 8. The lowest BCUT2D eigenvalue weighted by atomic mass is 9.41. The summed E-state index contributed by atoms with van der Waals surface area (Å²) in [6, 6.07) is 0. The maximum Gasteiger partial charge on any atom is 0.189 e. The summed E-state index contributed by atoms with van der Waals surface area (Å²) < 4.78 is 5.26. The first-order chi connectivity index (χ1) is 12.9.